The third-order valence-corrected chi connectivity index (χ3v) is 3.38. The minimum atomic E-state index is -0.0879. The van der Waals surface area contributed by atoms with Crippen molar-refractivity contribution in [3.8, 4) is 0 Å². The Morgan fingerprint density at radius 1 is 1.41 bits per heavy atom. The Hall–Kier alpha value is -1.79. The molecule has 0 radical (unpaired) electrons. The number of thiazole rings is 1. The molecule has 0 aliphatic rings. The van der Waals surface area contributed by atoms with Gasteiger partial charge in [0.25, 0.3) is 0 Å². The molecule has 2 N–H and O–H groups in total. The minimum absolute atomic E-state index is 0.0879. The van der Waals surface area contributed by atoms with Gasteiger partial charge in [-0.2, -0.15) is 10.2 Å². The molecule has 0 aliphatic carbocycles. The normalized spacial score (nSPS) is 13.0. The van der Waals surface area contributed by atoms with E-state index in [-0.39, 0.29) is 6.04 Å². The molecule has 0 bridgehead atoms. The van der Waals surface area contributed by atoms with Crippen molar-refractivity contribution >= 4 is 16.3 Å². The summed E-state index contributed by atoms with van der Waals surface area (Å²) in [5.74, 6) is 0. The van der Waals surface area contributed by atoms with Crippen molar-refractivity contribution in [3.05, 3.63) is 47.5 Å². The number of aromatic nitrogens is 4. The Labute approximate surface area is 102 Å². The minimum Gasteiger partial charge on any atom is -0.324 e. The van der Waals surface area contributed by atoms with E-state index in [0.29, 0.717) is 6.42 Å². The summed E-state index contributed by atoms with van der Waals surface area (Å²) in [4.78, 5) is 5.50. The lowest BCUT2D eigenvalue weighted by Crippen LogP contribution is -2.13. The zero-order valence-corrected chi connectivity index (χ0v) is 9.84. The van der Waals surface area contributed by atoms with Gasteiger partial charge < -0.3 is 5.73 Å². The molecule has 0 aromatic carbocycles. The Balaban J connectivity index is 1.81. The highest BCUT2D eigenvalue weighted by atomic mass is 32.1. The van der Waals surface area contributed by atoms with Crippen LogP contribution in [0.15, 0.2) is 36.2 Å². The van der Waals surface area contributed by atoms with E-state index in [1.807, 2.05) is 28.2 Å². The smallest absolute Gasteiger partial charge is 0.193 e. The highest BCUT2D eigenvalue weighted by Gasteiger charge is 2.10. The van der Waals surface area contributed by atoms with Gasteiger partial charge in [0.1, 0.15) is 0 Å². The van der Waals surface area contributed by atoms with Crippen molar-refractivity contribution in [2.75, 3.05) is 0 Å². The first-order valence-electron chi connectivity index (χ1n) is 5.26. The van der Waals surface area contributed by atoms with E-state index in [1.165, 1.54) is 0 Å². The standard InChI is InChI=1S/C11H11N5S/c12-10(8-1-2-13-14-6-8)5-9-7-16-3-4-17-11(16)15-9/h1-4,6-7,10H,5,12H2. The Bertz CT molecular complexity index is 586. The summed E-state index contributed by atoms with van der Waals surface area (Å²) in [6.45, 7) is 0. The summed E-state index contributed by atoms with van der Waals surface area (Å²) in [5, 5.41) is 9.58. The number of rotatable bonds is 3. The van der Waals surface area contributed by atoms with E-state index < -0.39 is 0 Å². The van der Waals surface area contributed by atoms with E-state index in [4.69, 9.17) is 5.73 Å². The van der Waals surface area contributed by atoms with Crippen molar-refractivity contribution in [2.45, 2.75) is 12.5 Å². The molecule has 1 unspecified atom stereocenters. The van der Waals surface area contributed by atoms with Crippen LogP contribution in [-0.4, -0.2) is 19.6 Å². The van der Waals surface area contributed by atoms with Crippen LogP contribution in [0, 0.1) is 0 Å². The number of imidazole rings is 1. The van der Waals surface area contributed by atoms with Crippen molar-refractivity contribution < 1.29 is 0 Å². The molecule has 1 atom stereocenters. The monoisotopic (exact) mass is 245 g/mol. The van der Waals surface area contributed by atoms with Gasteiger partial charge in [-0.15, -0.1) is 11.3 Å². The number of hydrogen-bond acceptors (Lipinski definition) is 5. The molecule has 0 saturated carbocycles. The van der Waals surface area contributed by atoms with E-state index in [1.54, 1.807) is 23.7 Å². The molecule has 0 amide bonds. The van der Waals surface area contributed by atoms with Crippen LogP contribution in [0.2, 0.25) is 0 Å². The fourth-order valence-corrected chi connectivity index (χ4v) is 2.46. The van der Waals surface area contributed by atoms with Crippen LogP contribution in [0.4, 0.5) is 0 Å². The molecule has 0 aliphatic heterocycles. The first kappa shape index (κ1) is 10.4. The summed E-state index contributed by atoms with van der Waals surface area (Å²) >= 11 is 1.62. The second-order valence-corrected chi connectivity index (χ2v) is 4.68. The zero-order chi connectivity index (χ0) is 11.7. The lowest BCUT2D eigenvalue weighted by Gasteiger charge is -2.08. The molecular formula is C11H11N5S. The van der Waals surface area contributed by atoms with Gasteiger partial charge in [-0.25, -0.2) is 4.98 Å². The molecule has 3 aromatic rings. The zero-order valence-electron chi connectivity index (χ0n) is 9.02. The molecule has 3 rings (SSSR count). The van der Waals surface area contributed by atoms with Crippen LogP contribution in [-0.2, 0) is 6.42 Å². The van der Waals surface area contributed by atoms with Crippen LogP contribution >= 0.6 is 11.3 Å². The third-order valence-electron chi connectivity index (χ3n) is 2.61. The summed E-state index contributed by atoms with van der Waals surface area (Å²) in [6.07, 6.45) is 8.07. The fourth-order valence-electron chi connectivity index (χ4n) is 1.74. The maximum atomic E-state index is 6.10. The van der Waals surface area contributed by atoms with E-state index in [9.17, 15) is 0 Å². The van der Waals surface area contributed by atoms with Crippen molar-refractivity contribution in [3.63, 3.8) is 0 Å². The summed E-state index contributed by atoms with van der Waals surface area (Å²) in [5.41, 5.74) is 8.09. The van der Waals surface area contributed by atoms with Crippen molar-refractivity contribution in [1.29, 1.82) is 0 Å². The highest BCUT2D eigenvalue weighted by molar-refractivity contribution is 7.15. The molecule has 5 nitrogen and oxygen atoms in total. The first-order chi connectivity index (χ1) is 8.33. The molecule has 3 heterocycles. The molecule has 3 aromatic heterocycles. The lowest BCUT2D eigenvalue weighted by molar-refractivity contribution is 0.702. The van der Waals surface area contributed by atoms with Crippen LogP contribution in [0.25, 0.3) is 4.96 Å². The number of fused-ring (bicyclic) bond motifs is 1. The van der Waals surface area contributed by atoms with Crippen LogP contribution in [0.1, 0.15) is 17.3 Å². The average molecular weight is 245 g/mol. The fraction of sp³-hybridized carbons (Fsp3) is 0.182. The molecule has 0 saturated heterocycles. The van der Waals surface area contributed by atoms with E-state index in [2.05, 4.69) is 15.2 Å². The number of hydrogen-bond donors (Lipinski definition) is 1. The van der Waals surface area contributed by atoms with Gasteiger partial charge in [0.2, 0.25) is 0 Å². The third kappa shape index (κ3) is 2.04. The molecule has 0 fully saturated rings. The van der Waals surface area contributed by atoms with Gasteiger partial charge >= 0.3 is 0 Å². The Kier molecular flexibility index (Phi) is 2.58. The highest BCUT2D eigenvalue weighted by Crippen LogP contribution is 2.17. The molecule has 6 heteroatoms. The molecular weight excluding hydrogens is 234 g/mol. The summed E-state index contributed by atoms with van der Waals surface area (Å²) in [7, 11) is 0. The lowest BCUT2D eigenvalue weighted by atomic mass is 10.1. The molecule has 86 valence electrons. The van der Waals surface area contributed by atoms with Crippen LogP contribution in [0.3, 0.4) is 0 Å². The topological polar surface area (TPSA) is 69.1 Å². The van der Waals surface area contributed by atoms with Crippen LogP contribution < -0.4 is 5.73 Å². The van der Waals surface area contributed by atoms with Crippen molar-refractivity contribution in [2.24, 2.45) is 5.73 Å². The first-order valence-corrected chi connectivity index (χ1v) is 6.14. The summed E-state index contributed by atoms with van der Waals surface area (Å²) < 4.78 is 2.01. The number of nitrogens with two attached hydrogens (primary N) is 1. The van der Waals surface area contributed by atoms with Gasteiger partial charge in [-0.3, -0.25) is 4.40 Å². The molecule has 0 spiro atoms. The van der Waals surface area contributed by atoms with Gasteiger partial charge in [0.05, 0.1) is 11.9 Å². The van der Waals surface area contributed by atoms with E-state index >= 15 is 0 Å². The summed E-state index contributed by atoms with van der Waals surface area (Å²) in [6, 6.07) is 1.80. The number of nitrogens with zero attached hydrogens (tertiary/aromatic N) is 4. The molecule has 17 heavy (non-hydrogen) atoms. The van der Waals surface area contributed by atoms with Gasteiger partial charge in [-0.05, 0) is 11.6 Å². The second-order valence-electron chi connectivity index (χ2n) is 3.81. The second kappa shape index (κ2) is 4.23. The van der Waals surface area contributed by atoms with Crippen molar-refractivity contribution in [1.82, 2.24) is 19.6 Å². The largest absolute Gasteiger partial charge is 0.324 e. The predicted molar refractivity (Wildman–Crippen MR) is 65.7 cm³/mol. The van der Waals surface area contributed by atoms with Crippen LogP contribution in [0.5, 0.6) is 0 Å². The van der Waals surface area contributed by atoms with E-state index in [0.717, 1.165) is 16.2 Å². The maximum absolute atomic E-state index is 6.10. The van der Waals surface area contributed by atoms with Gasteiger partial charge in [-0.1, -0.05) is 0 Å². The average Bonchev–Trinajstić information content (AvgIpc) is 2.90. The Morgan fingerprint density at radius 3 is 3.12 bits per heavy atom. The maximum Gasteiger partial charge on any atom is 0.193 e. The SMILES string of the molecule is NC(Cc1cn2ccsc2n1)c1ccnnc1. The van der Waals surface area contributed by atoms with Gasteiger partial charge in [0, 0.05) is 36.4 Å². The van der Waals surface area contributed by atoms with Gasteiger partial charge in [0.15, 0.2) is 4.96 Å². The Morgan fingerprint density at radius 2 is 2.35 bits per heavy atom. The predicted octanol–water partition coefficient (Wildman–Crippen LogP) is 1.43. The quantitative estimate of drug-likeness (QED) is 0.758.